The van der Waals surface area contributed by atoms with Crippen LogP contribution in [0.3, 0.4) is 0 Å². The first-order valence-electron chi connectivity index (χ1n) is 7.07. The maximum absolute atomic E-state index is 13.0. The highest BCUT2D eigenvalue weighted by Crippen LogP contribution is 2.39. The molecule has 1 fully saturated rings. The lowest BCUT2D eigenvalue weighted by molar-refractivity contribution is -0.143. The Labute approximate surface area is 162 Å². The van der Waals surface area contributed by atoms with Crippen LogP contribution in [-0.2, 0) is 17.1 Å². The quantitative estimate of drug-likeness (QED) is 0.357. The molecule has 0 atom stereocenters. The molecule has 1 aromatic heterocycles. The summed E-state index contributed by atoms with van der Waals surface area (Å²) in [5.74, 6) is -0.404. The minimum absolute atomic E-state index is 0.0825. The van der Waals surface area contributed by atoms with Gasteiger partial charge in [-0.1, -0.05) is 24.0 Å². The Balaban J connectivity index is 2.02. The van der Waals surface area contributed by atoms with Crippen molar-refractivity contribution in [2.24, 2.45) is 0 Å². The Bertz CT molecular complexity index is 926. The van der Waals surface area contributed by atoms with E-state index in [1.54, 1.807) is 0 Å². The Hall–Kier alpha value is -1.85. The number of benzene rings is 1. The monoisotopic (exact) mass is 439 g/mol. The minimum Gasteiger partial charge on any atom is -0.307 e. The van der Waals surface area contributed by atoms with Gasteiger partial charge in [-0.15, -0.1) is 11.3 Å². The summed E-state index contributed by atoms with van der Waals surface area (Å²) in [5, 5.41) is 3.84. The van der Waals surface area contributed by atoms with E-state index in [1.807, 2.05) is 0 Å². The molecule has 11 heteroatoms. The van der Waals surface area contributed by atoms with Crippen molar-refractivity contribution in [3.05, 3.63) is 50.6 Å². The molecule has 1 aliphatic heterocycles. The summed E-state index contributed by atoms with van der Waals surface area (Å²) in [4.78, 5) is 12.4. The van der Waals surface area contributed by atoms with Gasteiger partial charge in [0, 0.05) is 4.88 Å². The second-order valence-electron chi connectivity index (χ2n) is 5.38. The van der Waals surface area contributed by atoms with Crippen LogP contribution >= 0.6 is 35.3 Å². The second kappa shape index (κ2) is 6.95. The summed E-state index contributed by atoms with van der Waals surface area (Å²) in [5.41, 5.74) is -2.78. The number of thiophene rings is 1. The fourth-order valence-electron chi connectivity index (χ4n) is 2.25. The van der Waals surface area contributed by atoms with E-state index in [-0.39, 0.29) is 21.5 Å². The molecule has 2 aromatic rings. The van der Waals surface area contributed by atoms with Gasteiger partial charge in [0.1, 0.15) is 4.32 Å². The number of alkyl halides is 6. The molecule has 1 aliphatic rings. The zero-order valence-corrected chi connectivity index (χ0v) is 15.3. The van der Waals surface area contributed by atoms with Crippen molar-refractivity contribution in [2.75, 3.05) is 0 Å². The Kier molecular flexibility index (Phi) is 5.12. The van der Waals surface area contributed by atoms with Crippen LogP contribution in [0.15, 0.2) is 34.6 Å². The van der Waals surface area contributed by atoms with E-state index in [1.165, 1.54) is 17.5 Å². The standard InChI is InChI=1S/C16H7F6NOS3/c17-15(18,19)9-1-7(2-10(4-9)16(20,21)22)8-3-11(26-6-8)5-12-13(24)23-14(25)27-12/h1-6H,(H,23,24,25)/b12-5-. The molecular formula is C16H7F6NOS3. The smallest absolute Gasteiger partial charge is 0.307 e. The van der Waals surface area contributed by atoms with Crippen LogP contribution in [0.4, 0.5) is 26.3 Å². The highest BCUT2D eigenvalue weighted by Gasteiger charge is 2.37. The number of thioether (sulfide) groups is 1. The molecule has 3 rings (SSSR count). The molecular weight excluding hydrogens is 432 g/mol. The third-order valence-corrected chi connectivity index (χ3v) is 5.50. The van der Waals surface area contributed by atoms with Crippen LogP contribution in [0.2, 0.25) is 0 Å². The number of carbonyl (C=O) groups excluding carboxylic acids is 1. The third kappa shape index (κ3) is 4.53. The van der Waals surface area contributed by atoms with E-state index < -0.39 is 29.4 Å². The number of hydrogen-bond acceptors (Lipinski definition) is 4. The first-order chi connectivity index (χ1) is 12.4. The molecule has 0 radical (unpaired) electrons. The molecule has 142 valence electrons. The highest BCUT2D eigenvalue weighted by atomic mass is 32.2. The number of hydrogen-bond donors (Lipinski definition) is 1. The molecule has 1 amide bonds. The number of amides is 1. The molecule has 0 aliphatic carbocycles. The number of rotatable bonds is 2. The average molecular weight is 439 g/mol. The van der Waals surface area contributed by atoms with Gasteiger partial charge in [0.05, 0.1) is 16.0 Å². The lowest BCUT2D eigenvalue weighted by Gasteiger charge is -2.13. The van der Waals surface area contributed by atoms with Crippen LogP contribution in [0.1, 0.15) is 16.0 Å². The van der Waals surface area contributed by atoms with Crippen LogP contribution in [0, 0.1) is 0 Å². The van der Waals surface area contributed by atoms with Crippen LogP contribution in [0.25, 0.3) is 17.2 Å². The van der Waals surface area contributed by atoms with Gasteiger partial charge in [-0.25, -0.2) is 0 Å². The Morgan fingerprint density at radius 3 is 2.00 bits per heavy atom. The molecule has 2 heterocycles. The predicted molar refractivity (Wildman–Crippen MR) is 96.1 cm³/mol. The summed E-state index contributed by atoms with van der Waals surface area (Å²) in [7, 11) is 0. The number of halogens is 6. The Morgan fingerprint density at radius 1 is 0.926 bits per heavy atom. The van der Waals surface area contributed by atoms with Gasteiger partial charge in [-0.2, -0.15) is 26.3 Å². The first kappa shape index (κ1) is 19.9. The molecule has 1 aromatic carbocycles. The average Bonchev–Trinajstić information content (AvgIpc) is 3.12. The van der Waals surface area contributed by atoms with E-state index in [9.17, 15) is 31.1 Å². The van der Waals surface area contributed by atoms with E-state index in [0.717, 1.165) is 23.1 Å². The van der Waals surface area contributed by atoms with Crippen molar-refractivity contribution in [3.63, 3.8) is 0 Å². The molecule has 0 saturated carbocycles. The molecule has 27 heavy (non-hydrogen) atoms. The van der Waals surface area contributed by atoms with Crippen molar-refractivity contribution >= 4 is 51.6 Å². The van der Waals surface area contributed by atoms with Gasteiger partial charge >= 0.3 is 12.4 Å². The highest BCUT2D eigenvalue weighted by molar-refractivity contribution is 8.26. The molecule has 1 N–H and O–H groups in total. The normalized spacial score (nSPS) is 16.9. The summed E-state index contributed by atoms with van der Waals surface area (Å²) in [6.45, 7) is 0. The zero-order chi connectivity index (χ0) is 20.0. The fourth-order valence-corrected chi connectivity index (χ4v) is 4.21. The SMILES string of the molecule is O=C1NC(=S)S/C1=C\c1cc(-c2cc(C(F)(F)F)cc(C(F)(F)F)c2)cs1. The van der Waals surface area contributed by atoms with Gasteiger partial charge in [0.25, 0.3) is 5.91 Å². The van der Waals surface area contributed by atoms with Crippen LogP contribution in [-0.4, -0.2) is 10.2 Å². The van der Waals surface area contributed by atoms with Crippen molar-refractivity contribution < 1.29 is 31.1 Å². The maximum atomic E-state index is 13.0. The fraction of sp³-hybridized carbons (Fsp3) is 0.125. The zero-order valence-electron chi connectivity index (χ0n) is 12.9. The second-order valence-corrected chi connectivity index (χ2v) is 8.05. The third-order valence-electron chi connectivity index (χ3n) is 3.46. The van der Waals surface area contributed by atoms with E-state index in [4.69, 9.17) is 12.2 Å². The van der Waals surface area contributed by atoms with Crippen molar-refractivity contribution in [3.8, 4) is 11.1 Å². The van der Waals surface area contributed by atoms with E-state index in [2.05, 4.69) is 5.32 Å². The summed E-state index contributed by atoms with van der Waals surface area (Å²) < 4.78 is 78.1. The number of nitrogens with one attached hydrogen (secondary N) is 1. The lowest BCUT2D eigenvalue weighted by atomic mass is 10.0. The van der Waals surface area contributed by atoms with Crippen molar-refractivity contribution in [1.29, 1.82) is 0 Å². The van der Waals surface area contributed by atoms with Gasteiger partial charge in [-0.3, -0.25) is 4.79 Å². The lowest BCUT2D eigenvalue weighted by Crippen LogP contribution is -2.17. The summed E-state index contributed by atoms with van der Waals surface area (Å²) in [6, 6.07) is 2.84. The molecule has 1 saturated heterocycles. The Morgan fingerprint density at radius 2 is 1.52 bits per heavy atom. The van der Waals surface area contributed by atoms with Crippen LogP contribution < -0.4 is 5.32 Å². The van der Waals surface area contributed by atoms with Gasteiger partial charge < -0.3 is 5.32 Å². The van der Waals surface area contributed by atoms with E-state index in [0.29, 0.717) is 21.9 Å². The predicted octanol–water partition coefficient (Wildman–Crippen LogP) is 5.94. The largest absolute Gasteiger partial charge is 0.416 e. The van der Waals surface area contributed by atoms with Gasteiger partial charge in [0.15, 0.2) is 0 Å². The molecule has 0 bridgehead atoms. The van der Waals surface area contributed by atoms with Crippen molar-refractivity contribution in [1.82, 2.24) is 5.32 Å². The molecule has 0 unspecified atom stereocenters. The van der Waals surface area contributed by atoms with Crippen molar-refractivity contribution in [2.45, 2.75) is 12.4 Å². The van der Waals surface area contributed by atoms with Gasteiger partial charge in [0.2, 0.25) is 0 Å². The number of thiocarbonyl (C=S) groups is 1. The minimum atomic E-state index is -4.91. The number of carbonyl (C=O) groups is 1. The topological polar surface area (TPSA) is 29.1 Å². The maximum Gasteiger partial charge on any atom is 0.416 e. The van der Waals surface area contributed by atoms with E-state index >= 15 is 0 Å². The summed E-state index contributed by atoms with van der Waals surface area (Å²) in [6.07, 6.45) is -8.35. The summed E-state index contributed by atoms with van der Waals surface area (Å²) >= 11 is 6.96. The first-order valence-corrected chi connectivity index (χ1v) is 9.17. The molecule has 0 spiro atoms. The van der Waals surface area contributed by atoms with Crippen LogP contribution in [0.5, 0.6) is 0 Å². The molecule has 2 nitrogen and oxygen atoms in total. The van der Waals surface area contributed by atoms with Gasteiger partial charge in [-0.05, 0) is 46.8 Å².